The van der Waals surface area contributed by atoms with Gasteiger partial charge in [0.15, 0.2) is 0 Å². The largest absolute Gasteiger partial charge is 0.392 e. The maximum atomic E-state index is 13.7. The van der Waals surface area contributed by atoms with Gasteiger partial charge in [-0.2, -0.15) is 0 Å². The minimum atomic E-state index is -2.61. The molecule has 0 aromatic heterocycles. The highest BCUT2D eigenvalue weighted by Crippen LogP contribution is 2.38. The monoisotopic (exact) mass is 292 g/mol. The molecule has 1 nitrogen and oxygen atoms in total. The molecule has 0 aliphatic heterocycles. The molecule has 1 saturated carbocycles. The Hall–Kier alpha value is -0.740. The third-order valence-corrected chi connectivity index (χ3v) is 4.06. The van der Waals surface area contributed by atoms with E-state index < -0.39 is 17.8 Å². The fourth-order valence-electron chi connectivity index (χ4n) is 2.55. The molecule has 1 aliphatic rings. The zero-order chi connectivity index (χ0) is 14.0. The minimum absolute atomic E-state index is 0.0138. The molecule has 1 aromatic carbocycles. The van der Waals surface area contributed by atoms with Gasteiger partial charge in [0.1, 0.15) is 5.82 Å². The number of hydrogen-bond donors (Lipinski definition) is 1. The number of alkyl halides is 2. The minimum Gasteiger partial charge on any atom is -0.392 e. The smallest absolute Gasteiger partial charge is 0.248 e. The fourth-order valence-corrected chi connectivity index (χ4v) is 2.74. The number of benzene rings is 1. The van der Waals surface area contributed by atoms with Crippen molar-refractivity contribution < 1.29 is 18.3 Å². The molecule has 0 heterocycles. The lowest BCUT2D eigenvalue weighted by molar-refractivity contribution is -0.0620. The Morgan fingerprint density at radius 3 is 2.58 bits per heavy atom. The number of rotatable bonds is 3. The molecule has 0 amide bonds. The van der Waals surface area contributed by atoms with E-state index >= 15 is 0 Å². The van der Waals surface area contributed by atoms with Crippen LogP contribution in [0.3, 0.4) is 0 Å². The highest BCUT2D eigenvalue weighted by Gasteiger charge is 2.37. The van der Waals surface area contributed by atoms with E-state index in [0.29, 0.717) is 5.56 Å². The molecule has 1 atom stereocenters. The third kappa shape index (κ3) is 3.63. The molecule has 0 bridgehead atoms. The molecule has 0 saturated heterocycles. The van der Waals surface area contributed by atoms with Crippen molar-refractivity contribution in [1.29, 1.82) is 0 Å². The average Bonchev–Trinajstić information content (AvgIpc) is 2.35. The summed E-state index contributed by atoms with van der Waals surface area (Å²) in [4.78, 5) is 0. The molecule has 0 radical (unpaired) electrons. The molecule has 1 aromatic rings. The van der Waals surface area contributed by atoms with Crippen LogP contribution in [0.5, 0.6) is 0 Å². The topological polar surface area (TPSA) is 20.2 Å². The first-order chi connectivity index (χ1) is 8.89. The van der Waals surface area contributed by atoms with Gasteiger partial charge in [-0.1, -0.05) is 23.7 Å². The predicted molar refractivity (Wildman–Crippen MR) is 68.0 cm³/mol. The molecule has 5 heteroatoms. The first-order valence-corrected chi connectivity index (χ1v) is 6.75. The SMILES string of the molecule is OC(Cc1cccc(Cl)c1F)C1CCC(F)(F)CC1. The lowest BCUT2D eigenvalue weighted by Gasteiger charge is -2.31. The fraction of sp³-hybridized carbons (Fsp3) is 0.571. The van der Waals surface area contributed by atoms with Crippen molar-refractivity contribution in [3.05, 3.63) is 34.6 Å². The van der Waals surface area contributed by atoms with Crippen molar-refractivity contribution in [3.8, 4) is 0 Å². The van der Waals surface area contributed by atoms with Crippen molar-refractivity contribution in [2.75, 3.05) is 0 Å². The Morgan fingerprint density at radius 2 is 1.95 bits per heavy atom. The van der Waals surface area contributed by atoms with Crippen LogP contribution in [0.2, 0.25) is 5.02 Å². The van der Waals surface area contributed by atoms with E-state index in [-0.39, 0.29) is 43.0 Å². The second-order valence-electron chi connectivity index (χ2n) is 5.18. The first kappa shape index (κ1) is 14.7. The van der Waals surface area contributed by atoms with Gasteiger partial charge < -0.3 is 5.11 Å². The van der Waals surface area contributed by atoms with Gasteiger partial charge in [-0.15, -0.1) is 0 Å². The highest BCUT2D eigenvalue weighted by atomic mass is 35.5. The Kier molecular flexibility index (Phi) is 4.41. The molecule has 0 spiro atoms. The quantitative estimate of drug-likeness (QED) is 0.885. The summed E-state index contributed by atoms with van der Waals surface area (Å²) in [5.41, 5.74) is 0.331. The second kappa shape index (κ2) is 5.71. The van der Waals surface area contributed by atoms with E-state index in [2.05, 4.69) is 0 Å². The van der Waals surface area contributed by atoms with Gasteiger partial charge in [0.25, 0.3) is 0 Å². The van der Waals surface area contributed by atoms with Crippen LogP contribution in [0.25, 0.3) is 0 Å². The summed E-state index contributed by atoms with van der Waals surface area (Å²) in [6.45, 7) is 0. The highest BCUT2D eigenvalue weighted by molar-refractivity contribution is 6.30. The van der Waals surface area contributed by atoms with Crippen molar-refractivity contribution in [3.63, 3.8) is 0 Å². The van der Waals surface area contributed by atoms with E-state index in [9.17, 15) is 18.3 Å². The number of hydrogen-bond acceptors (Lipinski definition) is 1. The van der Waals surface area contributed by atoms with Crippen molar-refractivity contribution in [1.82, 2.24) is 0 Å². The summed E-state index contributed by atoms with van der Waals surface area (Å²) < 4.78 is 39.7. The molecule has 19 heavy (non-hydrogen) atoms. The lowest BCUT2D eigenvalue weighted by atomic mass is 9.81. The summed E-state index contributed by atoms with van der Waals surface area (Å²) in [7, 11) is 0. The Labute approximate surface area is 115 Å². The lowest BCUT2D eigenvalue weighted by Crippen LogP contribution is -2.32. The van der Waals surface area contributed by atoms with Crippen LogP contribution >= 0.6 is 11.6 Å². The van der Waals surface area contributed by atoms with Gasteiger partial charge >= 0.3 is 0 Å². The van der Waals surface area contributed by atoms with Crippen molar-refractivity contribution in [2.24, 2.45) is 5.92 Å². The van der Waals surface area contributed by atoms with Gasteiger partial charge in [0.05, 0.1) is 11.1 Å². The van der Waals surface area contributed by atoms with E-state index in [0.717, 1.165) is 0 Å². The molecular formula is C14H16ClF3O. The van der Waals surface area contributed by atoms with E-state index in [4.69, 9.17) is 11.6 Å². The standard InChI is InChI=1S/C14H16ClF3O/c15-11-3-1-2-10(13(11)16)8-12(19)9-4-6-14(17,18)7-5-9/h1-3,9,12,19H,4-8H2. The molecule has 1 aliphatic carbocycles. The van der Waals surface area contributed by atoms with Crippen molar-refractivity contribution >= 4 is 11.6 Å². The Bertz CT molecular complexity index is 440. The van der Waals surface area contributed by atoms with E-state index in [1.54, 1.807) is 12.1 Å². The molecular weight excluding hydrogens is 277 g/mol. The van der Waals surface area contributed by atoms with Crippen LogP contribution in [0.15, 0.2) is 18.2 Å². The molecule has 106 valence electrons. The molecule has 1 N–H and O–H groups in total. The van der Waals surface area contributed by atoms with Gasteiger partial charge in [-0.25, -0.2) is 13.2 Å². The van der Waals surface area contributed by atoms with Crippen LogP contribution in [-0.2, 0) is 6.42 Å². The summed E-state index contributed by atoms with van der Waals surface area (Å²) in [5, 5.41) is 10.1. The second-order valence-corrected chi connectivity index (χ2v) is 5.58. The zero-order valence-electron chi connectivity index (χ0n) is 10.4. The Balaban J connectivity index is 1.98. The van der Waals surface area contributed by atoms with E-state index in [1.165, 1.54) is 6.07 Å². The number of halogens is 4. The van der Waals surface area contributed by atoms with Crippen LogP contribution in [0.1, 0.15) is 31.2 Å². The van der Waals surface area contributed by atoms with E-state index in [1.807, 2.05) is 0 Å². The van der Waals surface area contributed by atoms with Gasteiger partial charge in [0, 0.05) is 19.3 Å². The summed E-state index contributed by atoms with van der Waals surface area (Å²) >= 11 is 5.66. The maximum absolute atomic E-state index is 13.7. The number of aliphatic hydroxyl groups is 1. The van der Waals surface area contributed by atoms with Crippen molar-refractivity contribution in [2.45, 2.75) is 44.1 Å². The Morgan fingerprint density at radius 1 is 1.32 bits per heavy atom. The first-order valence-electron chi connectivity index (χ1n) is 6.38. The molecule has 1 fully saturated rings. The average molecular weight is 293 g/mol. The normalized spacial score (nSPS) is 21.3. The van der Waals surface area contributed by atoms with Crippen LogP contribution in [0.4, 0.5) is 13.2 Å². The molecule has 1 unspecified atom stereocenters. The predicted octanol–water partition coefficient (Wildman–Crippen LogP) is 4.21. The third-order valence-electron chi connectivity index (χ3n) is 3.77. The van der Waals surface area contributed by atoms with Gasteiger partial charge in [-0.05, 0) is 30.4 Å². The van der Waals surface area contributed by atoms with Crippen LogP contribution < -0.4 is 0 Å². The zero-order valence-corrected chi connectivity index (χ0v) is 11.1. The van der Waals surface area contributed by atoms with Gasteiger partial charge in [-0.3, -0.25) is 0 Å². The van der Waals surface area contributed by atoms with Gasteiger partial charge in [0.2, 0.25) is 5.92 Å². The summed E-state index contributed by atoms with van der Waals surface area (Å²) in [5.74, 6) is -3.35. The summed E-state index contributed by atoms with van der Waals surface area (Å²) in [6.07, 6.45) is -0.543. The summed E-state index contributed by atoms with van der Waals surface area (Å²) in [6, 6.07) is 4.61. The molecule has 2 rings (SSSR count). The van der Waals surface area contributed by atoms with Crippen LogP contribution in [-0.4, -0.2) is 17.1 Å². The van der Waals surface area contributed by atoms with Crippen LogP contribution in [0, 0.1) is 11.7 Å². The maximum Gasteiger partial charge on any atom is 0.248 e. The number of aliphatic hydroxyl groups excluding tert-OH is 1.